The van der Waals surface area contributed by atoms with Gasteiger partial charge in [0, 0.05) is 33.8 Å². The molecule has 1 aliphatic rings. The van der Waals surface area contributed by atoms with Gasteiger partial charge in [-0.05, 0) is 48.9 Å². The summed E-state index contributed by atoms with van der Waals surface area (Å²) in [6, 6.07) is 19.4. The van der Waals surface area contributed by atoms with Crippen molar-refractivity contribution in [3.05, 3.63) is 87.4 Å². The van der Waals surface area contributed by atoms with E-state index in [1.807, 2.05) is 30.3 Å². The highest BCUT2D eigenvalue weighted by atomic mass is 79.9. The van der Waals surface area contributed by atoms with Gasteiger partial charge in [0.05, 0.1) is 14.2 Å². The first-order valence-corrected chi connectivity index (χ1v) is 10.9. The number of ether oxygens (including phenoxy) is 2. The van der Waals surface area contributed by atoms with Crippen molar-refractivity contribution in [3.63, 3.8) is 0 Å². The molecule has 2 unspecified atom stereocenters. The largest absolute Gasteiger partial charge is 0.508 e. The van der Waals surface area contributed by atoms with Gasteiger partial charge in [-0.15, -0.1) is 0 Å². The van der Waals surface area contributed by atoms with Crippen molar-refractivity contribution in [2.24, 2.45) is 4.99 Å². The quantitative estimate of drug-likeness (QED) is 0.491. The minimum atomic E-state index is -0.363. The normalized spacial score (nSPS) is 18.4. The summed E-state index contributed by atoms with van der Waals surface area (Å²) in [5.41, 5.74) is 4.94. The van der Waals surface area contributed by atoms with Gasteiger partial charge in [-0.1, -0.05) is 45.8 Å². The Balaban J connectivity index is 1.82. The van der Waals surface area contributed by atoms with E-state index in [0.29, 0.717) is 6.42 Å². The lowest BCUT2D eigenvalue weighted by atomic mass is 9.93. The molecule has 6 heteroatoms. The number of phenolic OH excluding ortho intramolecular Hbond substituents is 1. The summed E-state index contributed by atoms with van der Waals surface area (Å²) in [7, 11) is 3.29. The minimum Gasteiger partial charge on any atom is -0.508 e. The van der Waals surface area contributed by atoms with E-state index in [9.17, 15) is 5.11 Å². The topological polar surface area (TPSA) is 63.1 Å². The van der Waals surface area contributed by atoms with Gasteiger partial charge in [-0.25, -0.2) is 0 Å². The number of nitrogens with one attached hydrogen (secondary N) is 1. The number of benzene rings is 3. The van der Waals surface area contributed by atoms with Crippen molar-refractivity contribution in [2.45, 2.75) is 25.6 Å². The lowest BCUT2D eigenvalue weighted by Gasteiger charge is -2.31. The van der Waals surface area contributed by atoms with Crippen LogP contribution in [0.15, 0.2) is 70.1 Å². The number of nitrogens with zero attached hydrogens (tertiary/aromatic N) is 1. The van der Waals surface area contributed by atoms with Crippen LogP contribution < -0.4 is 14.8 Å². The highest BCUT2D eigenvalue weighted by Gasteiger charge is 2.29. The fourth-order valence-electron chi connectivity index (χ4n) is 3.84. The first-order chi connectivity index (χ1) is 15.0. The van der Waals surface area contributed by atoms with Gasteiger partial charge in [0.2, 0.25) is 0 Å². The number of aliphatic imine (C=N–C) groups is 1. The average Bonchev–Trinajstić information content (AvgIpc) is 2.80. The third-order valence-electron chi connectivity index (χ3n) is 5.52. The Kier molecular flexibility index (Phi) is 6.30. The highest BCUT2D eigenvalue weighted by Crippen LogP contribution is 2.38. The zero-order chi connectivity index (χ0) is 22.0. The average molecular weight is 481 g/mol. The molecule has 0 aromatic heterocycles. The smallest absolute Gasteiger partial charge is 0.130 e. The molecular formula is C25H25BrN2O3. The van der Waals surface area contributed by atoms with Crippen LogP contribution >= 0.6 is 15.9 Å². The van der Waals surface area contributed by atoms with Gasteiger partial charge >= 0.3 is 0 Å². The van der Waals surface area contributed by atoms with Gasteiger partial charge in [-0.3, -0.25) is 10.3 Å². The highest BCUT2D eigenvalue weighted by molar-refractivity contribution is 9.10. The molecular weight excluding hydrogens is 456 g/mol. The van der Waals surface area contributed by atoms with Crippen LogP contribution in [-0.4, -0.2) is 25.0 Å². The molecule has 2 atom stereocenters. The molecule has 4 rings (SSSR count). The molecule has 1 aliphatic heterocycles. The Labute approximate surface area is 190 Å². The molecule has 0 saturated heterocycles. The molecule has 0 bridgehead atoms. The van der Waals surface area contributed by atoms with E-state index in [1.54, 1.807) is 20.3 Å². The number of halogens is 1. The Morgan fingerprint density at radius 2 is 1.74 bits per heavy atom. The van der Waals surface area contributed by atoms with Crippen LogP contribution in [0.3, 0.4) is 0 Å². The number of phenols is 1. The number of hydrogen-bond donors (Lipinski definition) is 2. The summed E-state index contributed by atoms with van der Waals surface area (Å²) in [6.07, 6.45) is 0.286. The van der Waals surface area contributed by atoms with Crippen LogP contribution in [0.5, 0.6) is 17.2 Å². The Bertz CT molecular complexity index is 1110. The van der Waals surface area contributed by atoms with Gasteiger partial charge in [-0.2, -0.15) is 0 Å². The molecule has 0 saturated carbocycles. The molecule has 5 nitrogen and oxygen atoms in total. The van der Waals surface area contributed by atoms with Crippen molar-refractivity contribution in [1.82, 2.24) is 5.32 Å². The van der Waals surface area contributed by atoms with Crippen molar-refractivity contribution in [2.75, 3.05) is 14.2 Å². The summed E-state index contributed by atoms with van der Waals surface area (Å²) in [4.78, 5) is 5.04. The number of hydrogen-bond acceptors (Lipinski definition) is 5. The van der Waals surface area contributed by atoms with Crippen LogP contribution in [0.1, 0.15) is 40.9 Å². The number of aromatic hydroxyl groups is 1. The molecule has 2 N–H and O–H groups in total. The molecule has 1 heterocycles. The SMILES string of the molecule is COc1ccc(OC)c(C2N=C(c3ccc(C)cc3)CC(c3cc(Br)ccc3O)N2)c1. The number of aryl methyl sites for hydroxylation is 1. The van der Waals surface area contributed by atoms with E-state index in [-0.39, 0.29) is 18.0 Å². The standard InChI is InChI=1S/C25H25BrN2O3/c1-15-4-6-16(7-5-15)21-14-22(19-12-17(26)8-10-23(19)29)28-25(27-21)20-13-18(30-2)9-11-24(20)31-3/h4-13,22,25,28-29H,14H2,1-3H3. The Hall–Kier alpha value is -2.83. The van der Waals surface area contributed by atoms with E-state index in [4.69, 9.17) is 14.5 Å². The molecule has 0 amide bonds. The fraction of sp³-hybridized carbons (Fsp3) is 0.240. The predicted octanol–water partition coefficient (Wildman–Crippen LogP) is 5.70. The van der Waals surface area contributed by atoms with E-state index < -0.39 is 0 Å². The van der Waals surface area contributed by atoms with E-state index in [2.05, 4.69) is 52.4 Å². The molecule has 0 radical (unpaired) electrons. The molecule has 3 aromatic rings. The minimum absolute atomic E-state index is 0.132. The van der Waals surface area contributed by atoms with E-state index >= 15 is 0 Å². The molecule has 3 aromatic carbocycles. The lowest BCUT2D eigenvalue weighted by Crippen LogP contribution is -2.33. The zero-order valence-electron chi connectivity index (χ0n) is 17.7. The number of methoxy groups -OCH3 is 2. The van der Waals surface area contributed by atoms with Crippen LogP contribution in [-0.2, 0) is 0 Å². The predicted molar refractivity (Wildman–Crippen MR) is 126 cm³/mol. The van der Waals surface area contributed by atoms with Crippen LogP contribution in [0.2, 0.25) is 0 Å². The van der Waals surface area contributed by atoms with Gasteiger partial charge in [0.15, 0.2) is 0 Å². The summed E-state index contributed by atoms with van der Waals surface area (Å²) in [5.74, 6) is 1.71. The maximum absolute atomic E-state index is 10.6. The van der Waals surface area contributed by atoms with Gasteiger partial charge in [0.1, 0.15) is 23.4 Å². The van der Waals surface area contributed by atoms with Gasteiger partial charge in [0.25, 0.3) is 0 Å². The summed E-state index contributed by atoms with van der Waals surface area (Å²) < 4.78 is 12.0. The van der Waals surface area contributed by atoms with Crippen molar-refractivity contribution < 1.29 is 14.6 Å². The second kappa shape index (κ2) is 9.12. The zero-order valence-corrected chi connectivity index (χ0v) is 19.3. The third kappa shape index (κ3) is 4.60. The van der Waals surface area contributed by atoms with Crippen LogP contribution in [0, 0.1) is 6.92 Å². The second-order valence-corrected chi connectivity index (χ2v) is 8.49. The molecule has 0 spiro atoms. The summed E-state index contributed by atoms with van der Waals surface area (Å²) in [6.45, 7) is 2.07. The first-order valence-electron chi connectivity index (χ1n) is 10.1. The van der Waals surface area contributed by atoms with E-state index in [1.165, 1.54) is 5.56 Å². The second-order valence-electron chi connectivity index (χ2n) is 7.58. The molecule has 0 aliphatic carbocycles. The fourth-order valence-corrected chi connectivity index (χ4v) is 4.22. The summed E-state index contributed by atoms with van der Waals surface area (Å²) in [5, 5.41) is 14.2. The Morgan fingerprint density at radius 3 is 2.45 bits per heavy atom. The molecule has 160 valence electrons. The van der Waals surface area contributed by atoms with Crippen LogP contribution in [0.25, 0.3) is 0 Å². The molecule has 31 heavy (non-hydrogen) atoms. The summed E-state index contributed by atoms with van der Waals surface area (Å²) >= 11 is 3.53. The maximum Gasteiger partial charge on any atom is 0.130 e. The first kappa shape index (κ1) is 21.4. The van der Waals surface area contributed by atoms with Gasteiger partial charge < -0.3 is 14.6 Å². The number of rotatable bonds is 5. The third-order valence-corrected chi connectivity index (χ3v) is 6.02. The van der Waals surface area contributed by atoms with Crippen molar-refractivity contribution in [1.29, 1.82) is 0 Å². The van der Waals surface area contributed by atoms with Crippen molar-refractivity contribution >= 4 is 21.6 Å². The van der Waals surface area contributed by atoms with Crippen molar-refractivity contribution in [3.8, 4) is 17.2 Å². The van der Waals surface area contributed by atoms with E-state index in [0.717, 1.165) is 38.4 Å². The van der Waals surface area contributed by atoms with Crippen LogP contribution in [0.4, 0.5) is 0 Å². The monoisotopic (exact) mass is 480 g/mol. The maximum atomic E-state index is 10.6. The Morgan fingerprint density at radius 1 is 0.968 bits per heavy atom. The molecule has 0 fully saturated rings. The lowest BCUT2D eigenvalue weighted by molar-refractivity contribution is 0.374.